The van der Waals surface area contributed by atoms with Crippen LogP contribution in [0.2, 0.25) is 0 Å². The van der Waals surface area contributed by atoms with Crippen LogP contribution in [0.4, 0.5) is 4.39 Å². The van der Waals surface area contributed by atoms with E-state index in [-0.39, 0.29) is 16.2 Å². The van der Waals surface area contributed by atoms with Gasteiger partial charge in [-0.25, -0.2) is 4.39 Å². The monoisotopic (exact) mass is 350 g/mol. The van der Waals surface area contributed by atoms with Crippen LogP contribution < -0.4 is 11.1 Å². The van der Waals surface area contributed by atoms with Crippen molar-refractivity contribution >= 4 is 21.8 Å². The first kappa shape index (κ1) is 15.7. The van der Waals surface area contributed by atoms with Crippen LogP contribution in [0.3, 0.4) is 0 Å². The summed E-state index contributed by atoms with van der Waals surface area (Å²) in [7, 11) is 0. The minimum absolute atomic E-state index is 0.235. The summed E-state index contributed by atoms with van der Waals surface area (Å²) in [5.41, 5.74) is 8.10. The average molecular weight is 351 g/mol. The van der Waals surface area contributed by atoms with Gasteiger partial charge in [-0.05, 0) is 58.2 Å². The number of nitrogens with two attached hydrogens (primary N) is 1. The summed E-state index contributed by atoms with van der Waals surface area (Å²) < 4.78 is 13.4. The van der Waals surface area contributed by atoms with E-state index in [2.05, 4.69) is 21.2 Å². The molecule has 0 saturated carbocycles. The van der Waals surface area contributed by atoms with Gasteiger partial charge in [0.05, 0.1) is 4.47 Å². The number of hydrogen-bond acceptors (Lipinski definition) is 2. The lowest BCUT2D eigenvalue weighted by Gasteiger charge is -2.07. The van der Waals surface area contributed by atoms with Gasteiger partial charge < -0.3 is 11.1 Å². The number of amides is 1. The Bertz CT molecular complexity index is 629. The third-order valence-electron chi connectivity index (χ3n) is 3.09. The molecule has 0 radical (unpaired) electrons. The second-order valence-electron chi connectivity index (χ2n) is 4.67. The standard InChI is InChI=1S/C16H16BrFN2O/c17-14-9-13(5-6-15(14)18)16(21)20-10-12-3-1-11(2-4-12)7-8-19/h1-6,9H,7-8,10,19H2,(H,20,21). The molecule has 21 heavy (non-hydrogen) atoms. The van der Waals surface area contributed by atoms with Crippen molar-refractivity contribution in [1.82, 2.24) is 5.32 Å². The van der Waals surface area contributed by atoms with Crippen molar-refractivity contribution in [3.63, 3.8) is 0 Å². The number of nitrogens with one attached hydrogen (secondary N) is 1. The fraction of sp³-hybridized carbons (Fsp3) is 0.188. The Labute approximate surface area is 131 Å². The fourth-order valence-electron chi connectivity index (χ4n) is 1.91. The van der Waals surface area contributed by atoms with Crippen molar-refractivity contribution in [1.29, 1.82) is 0 Å². The summed E-state index contributed by atoms with van der Waals surface area (Å²) in [5, 5.41) is 2.81. The molecule has 0 aliphatic heterocycles. The highest BCUT2D eigenvalue weighted by atomic mass is 79.9. The highest BCUT2D eigenvalue weighted by Gasteiger charge is 2.08. The van der Waals surface area contributed by atoms with E-state index in [9.17, 15) is 9.18 Å². The first-order valence-electron chi connectivity index (χ1n) is 6.61. The topological polar surface area (TPSA) is 55.1 Å². The number of benzene rings is 2. The minimum Gasteiger partial charge on any atom is -0.348 e. The summed E-state index contributed by atoms with van der Waals surface area (Å²) in [6, 6.07) is 12.1. The highest BCUT2D eigenvalue weighted by molar-refractivity contribution is 9.10. The third-order valence-corrected chi connectivity index (χ3v) is 3.70. The van der Waals surface area contributed by atoms with E-state index in [4.69, 9.17) is 5.73 Å². The number of hydrogen-bond donors (Lipinski definition) is 2. The van der Waals surface area contributed by atoms with Crippen LogP contribution in [0.5, 0.6) is 0 Å². The largest absolute Gasteiger partial charge is 0.348 e. The maximum absolute atomic E-state index is 13.1. The van der Waals surface area contributed by atoms with Gasteiger partial charge in [-0.1, -0.05) is 24.3 Å². The van der Waals surface area contributed by atoms with E-state index in [0.29, 0.717) is 18.7 Å². The number of carbonyl (C=O) groups is 1. The molecule has 110 valence electrons. The molecule has 2 aromatic rings. The zero-order chi connectivity index (χ0) is 15.2. The van der Waals surface area contributed by atoms with Gasteiger partial charge in [0.15, 0.2) is 0 Å². The van der Waals surface area contributed by atoms with Gasteiger partial charge >= 0.3 is 0 Å². The van der Waals surface area contributed by atoms with Gasteiger partial charge in [0.2, 0.25) is 0 Å². The third kappa shape index (κ3) is 4.37. The molecule has 0 aliphatic rings. The van der Waals surface area contributed by atoms with Crippen LogP contribution >= 0.6 is 15.9 Å². The van der Waals surface area contributed by atoms with E-state index in [1.54, 1.807) is 0 Å². The van der Waals surface area contributed by atoms with Crippen molar-refractivity contribution in [2.45, 2.75) is 13.0 Å². The molecule has 1 amide bonds. The molecule has 2 aromatic carbocycles. The second-order valence-corrected chi connectivity index (χ2v) is 5.52. The molecule has 0 aliphatic carbocycles. The van der Waals surface area contributed by atoms with E-state index >= 15 is 0 Å². The molecule has 0 saturated heterocycles. The second kappa shape index (κ2) is 7.33. The molecule has 0 atom stereocenters. The van der Waals surface area contributed by atoms with Gasteiger partial charge in [-0.15, -0.1) is 0 Å². The Morgan fingerprint density at radius 2 is 1.81 bits per heavy atom. The van der Waals surface area contributed by atoms with Crippen molar-refractivity contribution < 1.29 is 9.18 Å². The van der Waals surface area contributed by atoms with Crippen molar-refractivity contribution in [2.75, 3.05) is 6.54 Å². The molecular weight excluding hydrogens is 335 g/mol. The molecule has 0 aromatic heterocycles. The number of carbonyl (C=O) groups excluding carboxylic acids is 1. The summed E-state index contributed by atoms with van der Waals surface area (Å²) >= 11 is 3.07. The number of rotatable bonds is 5. The molecule has 3 nitrogen and oxygen atoms in total. The first-order chi connectivity index (χ1) is 10.1. The Kier molecular flexibility index (Phi) is 5.47. The highest BCUT2D eigenvalue weighted by Crippen LogP contribution is 2.16. The summed E-state index contributed by atoms with van der Waals surface area (Å²) in [4.78, 5) is 12.0. The Morgan fingerprint density at radius 3 is 2.43 bits per heavy atom. The van der Waals surface area contributed by atoms with Crippen molar-refractivity contribution in [3.8, 4) is 0 Å². The molecule has 5 heteroatoms. The average Bonchev–Trinajstić information content (AvgIpc) is 2.49. The quantitative estimate of drug-likeness (QED) is 0.870. The van der Waals surface area contributed by atoms with Crippen molar-refractivity contribution in [3.05, 3.63) is 69.4 Å². The van der Waals surface area contributed by atoms with Gasteiger partial charge in [0.1, 0.15) is 5.82 Å². The van der Waals surface area contributed by atoms with Crippen molar-refractivity contribution in [2.24, 2.45) is 5.73 Å². The molecule has 0 heterocycles. The maximum atomic E-state index is 13.1. The molecule has 3 N–H and O–H groups in total. The van der Waals surface area contributed by atoms with Crippen LogP contribution in [-0.2, 0) is 13.0 Å². The molecular formula is C16H16BrFN2O. The summed E-state index contributed by atoms with van der Waals surface area (Å²) in [5.74, 6) is -0.622. The molecule has 0 fully saturated rings. The Hall–Kier alpha value is -1.72. The predicted octanol–water partition coefficient (Wildman–Crippen LogP) is 3.02. The lowest BCUT2D eigenvalue weighted by atomic mass is 10.1. The smallest absolute Gasteiger partial charge is 0.251 e. The molecule has 0 unspecified atom stereocenters. The zero-order valence-corrected chi connectivity index (χ0v) is 13.0. The van der Waals surface area contributed by atoms with Crippen LogP contribution in [-0.4, -0.2) is 12.5 Å². The normalized spacial score (nSPS) is 10.4. The minimum atomic E-state index is -0.387. The van der Waals surface area contributed by atoms with E-state index in [1.165, 1.54) is 23.8 Å². The lowest BCUT2D eigenvalue weighted by molar-refractivity contribution is 0.0951. The Balaban J connectivity index is 1.95. The van der Waals surface area contributed by atoms with Gasteiger partial charge in [0.25, 0.3) is 5.91 Å². The van der Waals surface area contributed by atoms with E-state index in [0.717, 1.165) is 12.0 Å². The molecule has 0 bridgehead atoms. The summed E-state index contributed by atoms with van der Waals surface area (Å²) in [6.45, 7) is 1.05. The van der Waals surface area contributed by atoms with Gasteiger partial charge in [0, 0.05) is 12.1 Å². The van der Waals surface area contributed by atoms with Crippen LogP contribution in [0, 0.1) is 5.82 Å². The van der Waals surface area contributed by atoms with Crippen LogP contribution in [0.15, 0.2) is 46.9 Å². The Morgan fingerprint density at radius 1 is 1.14 bits per heavy atom. The molecule has 0 spiro atoms. The SMILES string of the molecule is NCCc1ccc(CNC(=O)c2ccc(F)c(Br)c2)cc1. The van der Waals surface area contributed by atoms with Gasteiger partial charge in [-0.3, -0.25) is 4.79 Å². The van der Waals surface area contributed by atoms with Crippen LogP contribution in [0.1, 0.15) is 21.5 Å². The van der Waals surface area contributed by atoms with Gasteiger partial charge in [-0.2, -0.15) is 0 Å². The van der Waals surface area contributed by atoms with Crippen LogP contribution in [0.25, 0.3) is 0 Å². The maximum Gasteiger partial charge on any atom is 0.251 e. The van der Waals surface area contributed by atoms with E-state index < -0.39 is 0 Å². The van der Waals surface area contributed by atoms with E-state index in [1.807, 2.05) is 24.3 Å². The first-order valence-corrected chi connectivity index (χ1v) is 7.40. The lowest BCUT2D eigenvalue weighted by Crippen LogP contribution is -2.22. The predicted molar refractivity (Wildman–Crippen MR) is 84.5 cm³/mol. The summed E-state index contributed by atoms with van der Waals surface area (Å²) in [6.07, 6.45) is 0.843. The fourth-order valence-corrected chi connectivity index (χ4v) is 2.29. The number of halogens is 2. The zero-order valence-electron chi connectivity index (χ0n) is 11.4. The molecule has 2 rings (SSSR count).